The third-order valence-electron chi connectivity index (χ3n) is 5.03. The molecule has 0 aliphatic carbocycles. The van der Waals surface area contributed by atoms with Crippen LogP contribution in [-0.4, -0.2) is 25.2 Å². The van der Waals surface area contributed by atoms with E-state index in [9.17, 15) is 17.6 Å². The van der Waals surface area contributed by atoms with Crippen LogP contribution in [0.1, 0.15) is 29.7 Å². The predicted molar refractivity (Wildman–Crippen MR) is 123 cm³/mol. The Morgan fingerprint density at radius 2 is 1.66 bits per heavy atom. The Bertz CT molecular complexity index is 1180. The van der Waals surface area contributed by atoms with Crippen LogP contribution in [0.3, 0.4) is 0 Å². The van der Waals surface area contributed by atoms with Gasteiger partial charge in [0.2, 0.25) is 15.9 Å². The van der Waals surface area contributed by atoms with Gasteiger partial charge in [-0.05, 0) is 55.3 Å². The molecule has 8 heteroatoms. The number of amides is 1. The average molecular weight is 475 g/mol. The summed E-state index contributed by atoms with van der Waals surface area (Å²) in [6.45, 7) is 3.15. The highest BCUT2D eigenvalue weighted by Gasteiger charge is 2.28. The van der Waals surface area contributed by atoms with Crippen LogP contribution in [0.4, 0.5) is 4.39 Å². The lowest BCUT2D eigenvalue weighted by Gasteiger charge is -2.24. The van der Waals surface area contributed by atoms with Gasteiger partial charge in [-0.3, -0.25) is 4.79 Å². The predicted octanol–water partition coefficient (Wildman–Crippen LogP) is 4.86. The highest BCUT2D eigenvalue weighted by atomic mass is 35.5. The molecule has 0 fully saturated rings. The molecule has 0 heterocycles. The number of carbonyl (C=O) groups is 1. The fourth-order valence-corrected chi connectivity index (χ4v) is 4.75. The molecule has 3 aromatic carbocycles. The van der Waals surface area contributed by atoms with Gasteiger partial charge in [0.1, 0.15) is 5.82 Å². The highest BCUT2D eigenvalue weighted by molar-refractivity contribution is 7.89. The molecule has 0 saturated heterocycles. The Kier molecular flexibility index (Phi) is 7.66. The second-order valence-electron chi connectivity index (χ2n) is 7.52. The second-order valence-corrected chi connectivity index (χ2v) is 9.86. The van der Waals surface area contributed by atoms with Crippen LogP contribution in [0, 0.1) is 12.7 Å². The molecule has 168 valence electrons. The summed E-state index contributed by atoms with van der Waals surface area (Å²) in [5.41, 5.74) is 2.22. The van der Waals surface area contributed by atoms with E-state index in [4.69, 9.17) is 11.6 Å². The van der Waals surface area contributed by atoms with E-state index in [-0.39, 0.29) is 17.3 Å². The molecule has 0 spiro atoms. The van der Waals surface area contributed by atoms with E-state index in [1.165, 1.54) is 24.3 Å². The van der Waals surface area contributed by atoms with Crippen molar-refractivity contribution >= 4 is 27.5 Å². The first-order chi connectivity index (χ1) is 15.2. The molecule has 0 aliphatic rings. The molecule has 0 unspecified atom stereocenters. The van der Waals surface area contributed by atoms with Gasteiger partial charge in [-0.1, -0.05) is 59.6 Å². The zero-order valence-electron chi connectivity index (χ0n) is 17.8. The molecule has 32 heavy (non-hydrogen) atoms. The molecule has 0 radical (unpaired) electrons. The fraction of sp³-hybridized carbons (Fsp3) is 0.208. The molecule has 3 aromatic rings. The third kappa shape index (κ3) is 5.94. The van der Waals surface area contributed by atoms with Crippen molar-refractivity contribution in [2.45, 2.75) is 31.3 Å². The van der Waals surface area contributed by atoms with Gasteiger partial charge in [-0.2, -0.15) is 4.31 Å². The minimum atomic E-state index is -3.97. The maximum atomic E-state index is 13.3. The highest BCUT2D eigenvalue weighted by Crippen LogP contribution is 2.23. The number of benzene rings is 3. The minimum absolute atomic E-state index is 0.0613. The molecule has 0 bridgehead atoms. The quantitative estimate of drug-likeness (QED) is 0.507. The Morgan fingerprint density at radius 1 is 1.03 bits per heavy atom. The summed E-state index contributed by atoms with van der Waals surface area (Å²) in [5.74, 6) is -0.855. The number of halogens is 2. The van der Waals surface area contributed by atoms with Crippen LogP contribution in [0.2, 0.25) is 5.02 Å². The smallest absolute Gasteiger partial charge is 0.243 e. The van der Waals surface area contributed by atoms with Crippen LogP contribution < -0.4 is 5.32 Å². The summed E-state index contributed by atoms with van der Waals surface area (Å²) >= 11 is 6.25. The van der Waals surface area contributed by atoms with Crippen molar-refractivity contribution < 1.29 is 17.6 Å². The second kappa shape index (κ2) is 10.3. The van der Waals surface area contributed by atoms with E-state index in [0.29, 0.717) is 16.1 Å². The van der Waals surface area contributed by atoms with E-state index in [1.807, 2.05) is 6.92 Å². The molecular weight excluding hydrogens is 451 g/mol. The van der Waals surface area contributed by atoms with Gasteiger partial charge in [0.05, 0.1) is 17.5 Å². The van der Waals surface area contributed by atoms with E-state index in [0.717, 1.165) is 9.87 Å². The number of nitrogens with zero attached hydrogens (tertiary/aromatic N) is 1. The first-order valence-electron chi connectivity index (χ1n) is 10.0. The van der Waals surface area contributed by atoms with Crippen molar-refractivity contribution in [3.8, 4) is 0 Å². The number of sulfonamides is 1. The van der Waals surface area contributed by atoms with Crippen molar-refractivity contribution in [3.63, 3.8) is 0 Å². The molecular formula is C24H24ClFN2O3S. The van der Waals surface area contributed by atoms with Crippen LogP contribution in [0.15, 0.2) is 77.7 Å². The average Bonchev–Trinajstić information content (AvgIpc) is 2.75. The number of carbonyl (C=O) groups excluding carboxylic acids is 1. The summed E-state index contributed by atoms with van der Waals surface area (Å²) in [5, 5.41) is 3.19. The van der Waals surface area contributed by atoms with Crippen molar-refractivity contribution in [3.05, 3.63) is 100 Å². The van der Waals surface area contributed by atoms with Crippen LogP contribution in [0.5, 0.6) is 0 Å². The Balaban J connectivity index is 1.84. The monoisotopic (exact) mass is 474 g/mol. The zero-order chi connectivity index (χ0) is 23.3. The SMILES string of the molecule is Cc1ccc(S(=O)(=O)N(CC(=O)N[C@@H](C)c2ccc(F)cc2)Cc2ccccc2Cl)cc1. The molecule has 1 amide bonds. The first-order valence-corrected chi connectivity index (χ1v) is 11.8. The first kappa shape index (κ1) is 23.9. The lowest BCUT2D eigenvalue weighted by atomic mass is 10.1. The largest absolute Gasteiger partial charge is 0.348 e. The molecule has 0 aromatic heterocycles. The van der Waals surface area contributed by atoms with Gasteiger partial charge < -0.3 is 5.32 Å². The summed E-state index contributed by atoms with van der Waals surface area (Å²) in [4.78, 5) is 12.9. The summed E-state index contributed by atoms with van der Waals surface area (Å²) in [6.07, 6.45) is 0. The van der Waals surface area contributed by atoms with Crippen molar-refractivity contribution in [2.75, 3.05) is 6.54 Å². The Hall–Kier alpha value is -2.74. The molecule has 0 saturated carbocycles. The Morgan fingerprint density at radius 3 is 2.28 bits per heavy atom. The lowest BCUT2D eigenvalue weighted by molar-refractivity contribution is -0.122. The maximum absolute atomic E-state index is 13.3. The number of hydrogen-bond acceptors (Lipinski definition) is 3. The summed E-state index contributed by atoms with van der Waals surface area (Å²) in [7, 11) is -3.97. The van der Waals surface area contributed by atoms with E-state index in [1.54, 1.807) is 55.5 Å². The fourth-order valence-electron chi connectivity index (χ4n) is 3.18. The van der Waals surface area contributed by atoms with Crippen LogP contribution in [0.25, 0.3) is 0 Å². The minimum Gasteiger partial charge on any atom is -0.348 e. The number of aryl methyl sites for hydroxylation is 1. The Labute approximate surface area is 192 Å². The number of rotatable bonds is 8. The molecule has 1 N–H and O–H groups in total. The lowest BCUT2D eigenvalue weighted by Crippen LogP contribution is -2.41. The van der Waals surface area contributed by atoms with Crippen molar-refractivity contribution in [1.29, 1.82) is 0 Å². The van der Waals surface area contributed by atoms with Gasteiger partial charge in [0.15, 0.2) is 0 Å². The third-order valence-corrected chi connectivity index (χ3v) is 7.21. The topological polar surface area (TPSA) is 66.5 Å². The maximum Gasteiger partial charge on any atom is 0.243 e. The summed E-state index contributed by atoms with van der Waals surface area (Å²) in [6, 6.07) is 18.7. The van der Waals surface area contributed by atoms with Gasteiger partial charge in [-0.25, -0.2) is 12.8 Å². The zero-order valence-corrected chi connectivity index (χ0v) is 19.3. The molecule has 3 rings (SSSR count). The van der Waals surface area contributed by atoms with E-state index >= 15 is 0 Å². The molecule has 5 nitrogen and oxygen atoms in total. The van der Waals surface area contributed by atoms with Gasteiger partial charge in [-0.15, -0.1) is 0 Å². The standard InChI is InChI=1S/C24H24ClFN2O3S/c1-17-7-13-22(14-8-17)32(30,31)28(15-20-5-3-4-6-23(20)25)16-24(29)27-18(2)19-9-11-21(26)12-10-19/h3-14,18H,15-16H2,1-2H3,(H,27,29)/t18-/m0/s1. The van der Waals surface area contributed by atoms with E-state index < -0.39 is 28.5 Å². The molecule has 1 atom stereocenters. The van der Waals surface area contributed by atoms with Gasteiger partial charge in [0.25, 0.3) is 0 Å². The van der Waals surface area contributed by atoms with E-state index in [2.05, 4.69) is 5.32 Å². The summed E-state index contributed by atoms with van der Waals surface area (Å²) < 4.78 is 41.0. The van der Waals surface area contributed by atoms with Gasteiger partial charge in [0, 0.05) is 11.6 Å². The number of hydrogen-bond donors (Lipinski definition) is 1. The normalized spacial score (nSPS) is 12.5. The van der Waals surface area contributed by atoms with Crippen LogP contribution in [-0.2, 0) is 21.4 Å². The molecule has 0 aliphatic heterocycles. The van der Waals surface area contributed by atoms with Crippen molar-refractivity contribution in [1.82, 2.24) is 9.62 Å². The van der Waals surface area contributed by atoms with Crippen LogP contribution >= 0.6 is 11.6 Å². The number of nitrogens with one attached hydrogen (secondary N) is 1. The van der Waals surface area contributed by atoms with Gasteiger partial charge >= 0.3 is 0 Å². The van der Waals surface area contributed by atoms with Crippen molar-refractivity contribution in [2.24, 2.45) is 0 Å².